The minimum Gasteiger partial charge on any atom is -0.283 e. The summed E-state index contributed by atoms with van der Waals surface area (Å²) >= 11 is 8.48. The van der Waals surface area contributed by atoms with Crippen LogP contribution in [0.3, 0.4) is 0 Å². The number of aromatic nitrogens is 2. The number of pyridine rings is 1. The molecule has 5 rings (SSSR count). The number of carbonyl (C=O) groups excluding carboxylic acids is 1. The van der Waals surface area contributed by atoms with E-state index in [0.717, 1.165) is 32.7 Å². The van der Waals surface area contributed by atoms with Crippen molar-refractivity contribution in [2.75, 3.05) is 18.0 Å². The zero-order valence-corrected chi connectivity index (χ0v) is 22.1. The van der Waals surface area contributed by atoms with Crippen LogP contribution in [-0.2, 0) is 21.4 Å². The number of nitrogens with zero attached hydrogens (tertiary/aromatic N) is 4. The first-order valence-corrected chi connectivity index (χ1v) is 14.6. The molecule has 3 aromatic heterocycles. The Morgan fingerprint density at radius 1 is 1.17 bits per heavy atom. The van der Waals surface area contributed by atoms with Crippen LogP contribution in [0.25, 0.3) is 10.2 Å². The van der Waals surface area contributed by atoms with Gasteiger partial charge in [0.25, 0.3) is 10.0 Å². The van der Waals surface area contributed by atoms with Crippen LogP contribution in [0.1, 0.15) is 24.0 Å². The van der Waals surface area contributed by atoms with E-state index in [1.165, 1.54) is 21.7 Å². The summed E-state index contributed by atoms with van der Waals surface area (Å²) in [7, 11) is -3.61. The van der Waals surface area contributed by atoms with Crippen molar-refractivity contribution >= 4 is 65.6 Å². The number of carbonyl (C=O) groups is 1. The van der Waals surface area contributed by atoms with E-state index in [4.69, 9.17) is 16.6 Å². The lowest BCUT2D eigenvalue weighted by Gasteiger charge is -2.32. The summed E-state index contributed by atoms with van der Waals surface area (Å²) in [4.78, 5) is 24.4. The summed E-state index contributed by atoms with van der Waals surface area (Å²) in [5.41, 5.74) is 2.90. The number of fused-ring (bicyclic) bond motifs is 1. The molecule has 0 atom stereocenters. The zero-order valence-electron chi connectivity index (χ0n) is 18.9. The molecule has 1 aliphatic heterocycles. The van der Waals surface area contributed by atoms with Crippen LogP contribution < -0.4 is 4.90 Å². The fraction of sp³-hybridized carbons (Fsp3) is 0.292. The van der Waals surface area contributed by atoms with Gasteiger partial charge in [0.15, 0.2) is 5.13 Å². The van der Waals surface area contributed by atoms with Gasteiger partial charge in [-0.2, -0.15) is 4.31 Å². The summed E-state index contributed by atoms with van der Waals surface area (Å²) < 4.78 is 29.1. The number of anilines is 1. The van der Waals surface area contributed by atoms with Crippen LogP contribution in [0, 0.1) is 12.8 Å². The van der Waals surface area contributed by atoms with Crippen molar-refractivity contribution in [1.29, 1.82) is 0 Å². The molecule has 1 aromatic carbocycles. The van der Waals surface area contributed by atoms with Gasteiger partial charge in [0.1, 0.15) is 4.21 Å². The fourth-order valence-corrected chi connectivity index (χ4v) is 8.35. The maximum Gasteiger partial charge on any atom is 0.252 e. The Morgan fingerprint density at radius 3 is 2.66 bits per heavy atom. The van der Waals surface area contributed by atoms with Crippen LogP contribution >= 0.6 is 34.3 Å². The van der Waals surface area contributed by atoms with Gasteiger partial charge in [-0.25, -0.2) is 13.4 Å². The van der Waals surface area contributed by atoms with E-state index in [1.54, 1.807) is 23.4 Å². The topological polar surface area (TPSA) is 83.5 Å². The van der Waals surface area contributed by atoms with Crippen molar-refractivity contribution in [2.45, 2.75) is 30.5 Å². The molecule has 0 N–H and O–H groups in total. The van der Waals surface area contributed by atoms with Crippen LogP contribution in [-0.4, -0.2) is 41.7 Å². The molecule has 4 heterocycles. The van der Waals surface area contributed by atoms with Crippen molar-refractivity contribution in [1.82, 2.24) is 14.3 Å². The average molecular weight is 547 g/mol. The fourth-order valence-electron chi connectivity index (χ4n) is 4.18. The van der Waals surface area contributed by atoms with Gasteiger partial charge in [0.2, 0.25) is 5.91 Å². The SMILES string of the molecule is Cc1ccc2nc(N(Cc3cccnc3)C(=O)C3CCN(S(=O)(=O)c4ccc(Cl)s4)CC3)sc2c1. The van der Waals surface area contributed by atoms with Gasteiger partial charge < -0.3 is 0 Å². The molecule has 1 amide bonds. The molecule has 1 saturated heterocycles. The molecule has 1 aliphatic rings. The Hall–Kier alpha value is -2.37. The third-order valence-corrected chi connectivity index (χ3v) is 10.7. The number of thiazole rings is 1. The van der Waals surface area contributed by atoms with Crippen molar-refractivity contribution < 1.29 is 13.2 Å². The molecule has 0 bridgehead atoms. The van der Waals surface area contributed by atoms with E-state index in [-0.39, 0.29) is 29.1 Å². The van der Waals surface area contributed by atoms with E-state index in [1.807, 2.05) is 31.2 Å². The highest BCUT2D eigenvalue weighted by molar-refractivity contribution is 7.91. The number of amides is 1. The van der Waals surface area contributed by atoms with E-state index in [9.17, 15) is 13.2 Å². The number of sulfonamides is 1. The van der Waals surface area contributed by atoms with Crippen LogP contribution in [0.15, 0.2) is 59.1 Å². The minimum atomic E-state index is -3.61. The van der Waals surface area contributed by atoms with Gasteiger partial charge in [-0.05, 0) is 61.2 Å². The number of piperidine rings is 1. The van der Waals surface area contributed by atoms with Crippen molar-refractivity contribution in [2.24, 2.45) is 5.92 Å². The van der Waals surface area contributed by atoms with E-state index in [0.29, 0.717) is 28.9 Å². The zero-order chi connectivity index (χ0) is 24.6. The number of hydrogen-bond acceptors (Lipinski definition) is 7. The van der Waals surface area contributed by atoms with Crippen molar-refractivity contribution in [3.8, 4) is 0 Å². The molecular formula is C24H23ClN4O3S3. The lowest BCUT2D eigenvalue weighted by molar-refractivity contribution is -0.123. The predicted molar refractivity (Wildman–Crippen MR) is 141 cm³/mol. The summed E-state index contributed by atoms with van der Waals surface area (Å²) in [6, 6.07) is 13.0. The highest BCUT2D eigenvalue weighted by atomic mass is 35.5. The maximum absolute atomic E-state index is 13.8. The lowest BCUT2D eigenvalue weighted by Crippen LogP contribution is -2.44. The highest BCUT2D eigenvalue weighted by Crippen LogP contribution is 2.34. The molecule has 0 saturated carbocycles. The molecule has 7 nitrogen and oxygen atoms in total. The molecule has 11 heteroatoms. The van der Waals surface area contributed by atoms with E-state index < -0.39 is 10.0 Å². The third kappa shape index (κ3) is 5.12. The number of halogens is 1. The quantitative estimate of drug-likeness (QED) is 0.325. The van der Waals surface area contributed by atoms with Crippen LogP contribution in [0.2, 0.25) is 4.34 Å². The molecule has 0 aliphatic carbocycles. The monoisotopic (exact) mass is 546 g/mol. The molecule has 0 unspecified atom stereocenters. The second-order valence-electron chi connectivity index (χ2n) is 8.49. The highest BCUT2D eigenvalue weighted by Gasteiger charge is 2.35. The Balaban J connectivity index is 1.37. The number of benzene rings is 1. The van der Waals surface area contributed by atoms with Gasteiger partial charge in [-0.1, -0.05) is 35.1 Å². The minimum absolute atomic E-state index is 0.0409. The van der Waals surface area contributed by atoms with Crippen LogP contribution in [0.5, 0.6) is 0 Å². The number of aryl methyl sites for hydroxylation is 1. The lowest BCUT2D eigenvalue weighted by atomic mass is 9.96. The predicted octanol–water partition coefficient (Wildman–Crippen LogP) is 5.35. The molecule has 0 radical (unpaired) electrons. The Labute approximate surface area is 217 Å². The second kappa shape index (κ2) is 9.94. The summed E-state index contributed by atoms with van der Waals surface area (Å²) in [6.45, 7) is 2.96. The summed E-state index contributed by atoms with van der Waals surface area (Å²) in [6.07, 6.45) is 4.35. The third-order valence-electron chi connectivity index (χ3n) is 6.04. The maximum atomic E-state index is 13.8. The number of rotatable bonds is 6. The summed E-state index contributed by atoms with van der Waals surface area (Å²) in [5, 5.41) is 0.641. The van der Waals surface area contributed by atoms with Gasteiger partial charge in [-0.3, -0.25) is 14.7 Å². The van der Waals surface area contributed by atoms with Gasteiger partial charge in [0, 0.05) is 31.4 Å². The molecule has 182 valence electrons. The first-order chi connectivity index (χ1) is 16.8. The Bertz CT molecular complexity index is 1460. The van der Waals surface area contributed by atoms with Gasteiger partial charge >= 0.3 is 0 Å². The molecule has 0 spiro atoms. The standard InChI is InChI=1S/C24H23ClN4O3S3/c1-16-4-5-19-20(13-16)33-24(27-19)29(15-17-3-2-10-26-14-17)23(30)18-8-11-28(12-9-18)35(31,32)22-7-6-21(25)34-22/h2-7,10,13-14,18H,8-9,11-12,15H2,1H3. The normalized spacial score (nSPS) is 15.5. The van der Waals surface area contributed by atoms with Crippen LogP contribution in [0.4, 0.5) is 5.13 Å². The van der Waals surface area contributed by atoms with Gasteiger partial charge in [-0.15, -0.1) is 11.3 Å². The smallest absolute Gasteiger partial charge is 0.252 e. The molecular weight excluding hydrogens is 524 g/mol. The van der Waals surface area contributed by atoms with Crippen molar-refractivity contribution in [3.05, 3.63) is 70.3 Å². The average Bonchev–Trinajstić information content (AvgIpc) is 3.49. The number of hydrogen-bond donors (Lipinski definition) is 0. The first kappa shape index (κ1) is 24.3. The van der Waals surface area contributed by atoms with Gasteiger partial charge in [0.05, 0.1) is 21.1 Å². The van der Waals surface area contributed by atoms with Crippen molar-refractivity contribution in [3.63, 3.8) is 0 Å². The Kier molecular flexibility index (Phi) is 6.91. The number of thiophene rings is 1. The second-order valence-corrected chi connectivity index (χ2v) is 13.4. The first-order valence-electron chi connectivity index (χ1n) is 11.1. The Morgan fingerprint density at radius 2 is 1.97 bits per heavy atom. The molecule has 4 aromatic rings. The summed E-state index contributed by atoms with van der Waals surface area (Å²) in [5.74, 6) is -0.334. The largest absolute Gasteiger partial charge is 0.283 e. The molecule has 35 heavy (non-hydrogen) atoms. The van der Waals surface area contributed by atoms with E-state index in [2.05, 4.69) is 11.1 Å². The molecule has 1 fully saturated rings. The van der Waals surface area contributed by atoms with E-state index >= 15 is 0 Å².